The van der Waals surface area contributed by atoms with Gasteiger partial charge in [0.1, 0.15) is 5.75 Å². The third-order valence-electron chi connectivity index (χ3n) is 2.63. The Morgan fingerprint density at radius 2 is 1.81 bits per heavy atom. The quantitative estimate of drug-likeness (QED) is 0.679. The standard InChI is InChI=1S/C13H10BrCl2O3PS/c14-10-1-4-13(19-20(17,18)21)9(6-10)5-8-7-11(15)2-3-12(8)16/h1-4,6-7H,5H2,(H2,17,18,21). The molecule has 0 radical (unpaired) electrons. The summed E-state index contributed by atoms with van der Waals surface area (Å²) in [6, 6.07) is 10.3. The molecule has 0 aliphatic rings. The van der Waals surface area contributed by atoms with Crippen LogP contribution < -0.4 is 4.52 Å². The maximum absolute atomic E-state index is 9.33. The van der Waals surface area contributed by atoms with Crippen molar-refractivity contribution in [2.75, 3.05) is 0 Å². The van der Waals surface area contributed by atoms with Crippen LogP contribution in [-0.2, 0) is 18.2 Å². The summed E-state index contributed by atoms with van der Waals surface area (Å²) in [5.74, 6) is 0.308. The summed E-state index contributed by atoms with van der Waals surface area (Å²) < 4.78 is 5.90. The molecule has 0 spiro atoms. The van der Waals surface area contributed by atoms with E-state index in [1.54, 1.807) is 36.4 Å². The SMILES string of the molecule is OP(O)(=S)Oc1ccc(Br)cc1Cc1cc(Cl)ccc1Cl. The molecule has 0 aromatic heterocycles. The summed E-state index contributed by atoms with van der Waals surface area (Å²) in [7, 11) is 0. The van der Waals surface area contributed by atoms with E-state index in [-0.39, 0.29) is 0 Å². The highest BCUT2D eigenvalue weighted by atomic mass is 79.9. The minimum Gasteiger partial charge on any atom is -0.424 e. The van der Waals surface area contributed by atoms with Gasteiger partial charge in [-0.1, -0.05) is 39.1 Å². The Morgan fingerprint density at radius 1 is 1.10 bits per heavy atom. The first-order chi connectivity index (χ1) is 9.74. The van der Waals surface area contributed by atoms with Crippen LogP contribution in [-0.4, -0.2) is 9.79 Å². The lowest BCUT2D eigenvalue weighted by atomic mass is 10.0. The molecule has 0 saturated heterocycles. The van der Waals surface area contributed by atoms with Crippen molar-refractivity contribution >= 4 is 57.7 Å². The molecule has 0 saturated carbocycles. The lowest BCUT2D eigenvalue weighted by molar-refractivity contribution is 0.369. The zero-order valence-electron chi connectivity index (χ0n) is 10.5. The molecular weight excluding hydrogens is 418 g/mol. The molecule has 0 unspecified atom stereocenters. The lowest BCUT2D eigenvalue weighted by Gasteiger charge is -2.15. The normalized spacial score (nSPS) is 11.5. The molecule has 8 heteroatoms. The number of hydrogen-bond acceptors (Lipinski definition) is 2. The third-order valence-corrected chi connectivity index (χ3v) is 4.38. The molecule has 0 heterocycles. The Bertz CT molecular complexity index is 721. The van der Waals surface area contributed by atoms with Crippen LogP contribution in [0.25, 0.3) is 0 Å². The summed E-state index contributed by atoms with van der Waals surface area (Å²) in [6.07, 6.45) is 0.420. The Labute approximate surface area is 145 Å². The topological polar surface area (TPSA) is 49.7 Å². The van der Waals surface area contributed by atoms with E-state index in [1.165, 1.54) is 0 Å². The summed E-state index contributed by atoms with van der Waals surface area (Å²) in [4.78, 5) is 18.7. The van der Waals surface area contributed by atoms with Gasteiger partial charge in [0.15, 0.2) is 0 Å². The van der Waals surface area contributed by atoms with E-state index in [9.17, 15) is 9.79 Å². The molecule has 3 nitrogen and oxygen atoms in total. The molecule has 2 rings (SSSR count). The van der Waals surface area contributed by atoms with E-state index in [1.807, 2.05) is 0 Å². The number of hydrogen-bond donors (Lipinski definition) is 2. The molecule has 0 bridgehead atoms. The van der Waals surface area contributed by atoms with Crippen molar-refractivity contribution in [2.24, 2.45) is 0 Å². The van der Waals surface area contributed by atoms with Gasteiger partial charge >= 0.3 is 6.72 Å². The summed E-state index contributed by atoms with van der Waals surface area (Å²) in [5.41, 5.74) is 1.52. The van der Waals surface area contributed by atoms with Crippen LogP contribution in [0.3, 0.4) is 0 Å². The lowest BCUT2D eigenvalue weighted by Crippen LogP contribution is -1.97. The molecule has 0 fully saturated rings. The predicted octanol–water partition coefficient (Wildman–Crippen LogP) is 4.93. The van der Waals surface area contributed by atoms with Crippen molar-refractivity contribution in [3.8, 4) is 5.75 Å². The van der Waals surface area contributed by atoms with Crippen LogP contribution in [0.5, 0.6) is 5.75 Å². The van der Waals surface area contributed by atoms with Gasteiger partial charge in [0.05, 0.1) is 0 Å². The van der Waals surface area contributed by atoms with Gasteiger partial charge in [-0.2, -0.15) is 0 Å². The van der Waals surface area contributed by atoms with Crippen molar-refractivity contribution in [2.45, 2.75) is 6.42 Å². The zero-order chi connectivity index (χ0) is 15.6. The summed E-state index contributed by atoms with van der Waals surface area (Å²) in [6.45, 7) is -3.80. The average molecular weight is 428 g/mol. The second kappa shape index (κ2) is 6.97. The van der Waals surface area contributed by atoms with E-state index in [4.69, 9.17) is 27.7 Å². The highest BCUT2D eigenvalue weighted by molar-refractivity contribution is 9.10. The van der Waals surface area contributed by atoms with E-state index in [2.05, 4.69) is 27.7 Å². The van der Waals surface area contributed by atoms with Crippen LogP contribution in [0.15, 0.2) is 40.9 Å². The van der Waals surface area contributed by atoms with Gasteiger partial charge in [-0.25, -0.2) is 0 Å². The average Bonchev–Trinajstić information content (AvgIpc) is 2.36. The number of rotatable bonds is 4. The molecule has 21 heavy (non-hydrogen) atoms. The van der Waals surface area contributed by atoms with Gasteiger partial charge in [0.25, 0.3) is 0 Å². The van der Waals surface area contributed by atoms with E-state index in [0.717, 1.165) is 10.0 Å². The molecule has 112 valence electrons. The molecule has 0 aliphatic heterocycles. The van der Waals surface area contributed by atoms with Gasteiger partial charge in [0.2, 0.25) is 0 Å². The minimum absolute atomic E-state index is 0.308. The van der Waals surface area contributed by atoms with Crippen LogP contribution in [0.2, 0.25) is 10.0 Å². The minimum atomic E-state index is -3.80. The Morgan fingerprint density at radius 3 is 2.48 bits per heavy atom. The van der Waals surface area contributed by atoms with Crippen molar-refractivity contribution in [3.05, 3.63) is 62.0 Å². The van der Waals surface area contributed by atoms with Crippen LogP contribution in [0, 0.1) is 0 Å². The van der Waals surface area contributed by atoms with Crippen molar-refractivity contribution in [1.82, 2.24) is 0 Å². The van der Waals surface area contributed by atoms with E-state index in [0.29, 0.717) is 27.8 Å². The smallest absolute Gasteiger partial charge is 0.375 e. The van der Waals surface area contributed by atoms with Gasteiger partial charge in [-0.15, -0.1) is 0 Å². The first kappa shape index (κ1) is 17.2. The van der Waals surface area contributed by atoms with Gasteiger partial charge in [0, 0.05) is 38.3 Å². The first-order valence-corrected chi connectivity index (χ1v) is 9.89. The molecule has 2 N–H and O–H groups in total. The zero-order valence-corrected chi connectivity index (χ0v) is 15.3. The summed E-state index contributed by atoms with van der Waals surface area (Å²) >= 11 is 20.0. The monoisotopic (exact) mass is 426 g/mol. The van der Waals surface area contributed by atoms with Gasteiger partial charge in [-0.3, -0.25) is 0 Å². The predicted molar refractivity (Wildman–Crippen MR) is 92.8 cm³/mol. The molecule has 2 aromatic rings. The molecule has 2 aromatic carbocycles. The van der Waals surface area contributed by atoms with E-state index < -0.39 is 6.72 Å². The van der Waals surface area contributed by atoms with E-state index >= 15 is 0 Å². The molecule has 0 aliphatic carbocycles. The second-order valence-corrected chi connectivity index (χ2v) is 8.60. The van der Waals surface area contributed by atoms with Crippen LogP contribution >= 0.6 is 45.9 Å². The number of halogens is 3. The van der Waals surface area contributed by atoms with Crippen molar-refractivity contribution in [1.29, 1.82) is 0 Å². The molecular formula is C13H10BrCl2O3PS. The third kappa shape index (κ3) is 5.22. The second-order valence-electron chi connectivity index (χ2n) is 4.25. The summed E-state index contributed by atoms with van der Waals surface area (Å²) in [5, 5.41) is 1.14. The molecule has 0 amide bonds. The molecule has 0 atom stereocenters. The fraction of sp³-hybridized carbons (Fsp3) is 0.0769. The largest absolute Gasteiger partial charge is 0.424 e. The van der Waals surface area contributed by atoms with Gasteiger partial charge < -0.3 is 14.3 Å². The Kier molecular flexibility index (Phi) is 5.71. The first-order valence-electron chi connectivity index (χ1n) is 5.72. The van der Waals surface area contributed by atoms with Crippen molar-refractivity contribution < 1.29 is 14.3 Å². The Balaban J connectivity index is 2.40. The maximum atomic E-state index is 9.33. The highest BCUT2D eigenvalue weighted by Crippen LogP contribution is 2.41. The maximum Gasteiger partial charge on any atom is 0.375 e. The van der Waals surface area contributed by atoms with Crippen LogP contribution in [0.1, 0.15) is 11.1 Å². The fourth-order valence-corrected chi connectivity index (χ4v) is 3.25. The Hall–Kier alpha value is -0.130. The van der Waals surface area contributed by atoms with Crippen LogP contribution in [0.4, 0.5) is 0 Å². The van der Waals surface area contributed by atoms with Gasteiger partial charge in [-0.05, 0) is 42.0 Å². The fourth-order valence-electron chi connectivity index (χ4n) is 1.79. The highest BCUT2D eigenvalue weighted by Gasteiger charge is 2.15. The number of benzene rings is 2. The van der Waals surface area contributed by atoms with Crippen molar-refractivity contribution in [3.63, 3.8) is 0 Å².